The van der Waals surface area contributed by atoms with Crippen molar-refractivity contribution in [3.8, 4) is 11.5 Å². The molecule has 0 radical (unpaired) electrons. The van der Waals surface area contributed by atoms with E-state index < -0.39 is 11.9 Å². The average Bonchev–Trinajstić information content (AvgIpc) is 2.73. The summed E-state index contributed by atoms with van der Waals surface area (Å²) in [6.07, 6.45) is 0.512. The molecule has 0 amide bonds. The van der Waals surface area contributed by atoms with Gasteiger partial charge in [0, 0.05) is 6.08 Å². The summed E-state index contributed by atoms with van der Waals surface area (Å²) in [4.78, 5) is 21.4. The zero-order valence-electron chi connectivity index (χ0n) is 9.25. The molecule has 1 aromatic carbocycles. The van der Waals surface area contributed by atoms with Gasteiger partial charge in [0.25, 0.3) is 0 Å². The van der Waals surface area contributed by atoms with E-state index in [2.05, 4.69) is 0 Å². The zero-order valence-corrected chi connectivity index (χ0v) is 9.25. The van der Waals surface area contributed by atoms with Crippen LogP contribution in [0.3, 0.4) is 0 Å². The Kier molecular flexibility index (Phi) is 3.18. The predicted molar refractivity (Wildman–Crippen MR) is 60.4 cm³/mol. The number of carboxylic acids is 2. The SMILES string of the molecule is O=C(O)/C=C(/CC(=O)O)c1ccc2c(c1)OCO2. The van der Waals surface area contributed by atoms with Gasteiger partial charge in [-0.15, -0.1) is 0 Å². The molecule has 18 heavy (non-hydrogen) atoms. The van der Waals surface area contributed by atoms with Crippen LogP contribution in [0.1, 0.15) is 12.0 Å². The number of fused-ring (bicyclic) bond motifs is 1. The summed E-state index contributed by atoms with van der Waals surface area (Å²) in [5, 5.41) is 17.5. The lowest BCUT2D eigenvalue weighted by Crippen LogP contribution is -2.00. The molecule has 0 saturated carbocycles. The molecule has 0 aliphatic carbocycles. The van der Waals surface area contributed by atoms with Crippen molar-refractivity contribution in [2.24, 2.45) is 0 Å². The summed E-state index contributed by atoms with van der Waals surface area (Å²) < 4.78 is 10.3. The van der Waals surface area contributed by atoms with Gasteiger partial charge in [-0.2, -0.15) is 0 Å². The summed E-state index contributed by atoms with van der Waals surface area (Å²) in [5.74, 6) is -1.25. The van der Waals surface area contributed by atoms with Crippen LogP contribution in [0.5, 0.6) is 11.5 Å². The fraction of sp³-hybridized carbons (Fsp3) is 0.167. The van der Waals surface area contributed by atoms with Gasteiger partial charge in [0.2, 0.25) is 6.79 Å². The molecule has 0 aromatic heterocycles. The molecule has 0 saturated heterocycles. The summed E-state index contributed by atoms with van der Waals surface area (Å²) in [5.41, 5.74) is 0.692. The van der Waals surface area contributed by atoms with Crippen molar-refractivity contribution >= 4 is 17.5 Å². The predicted octanol–water partition coefficient (Wildman–Crippen LogP) is 1.36. The van der Waals surface area contributed by atoms with Gasteiger partial charge in [-0.3, -0.25) is 4.79 Å². The van der Waals surface area contributed by atoms with E-state index in [4.69, 9.17) is 19.7 Å². The fourth-order valence-corrected chi connectivity index (χ4v) is 1.64. The van der Waals surface area contributed by atoms with Crippen LogP contribution in [0.4, 0.5) is 0 Å². The molecule has 94 valence electrons. The third-order valence-corrected chi connectivity index (χ3v) is 2.38. The Labute approximate surface area is 102 Å². The van der Waals surface area contributed by atoms with Gasteiger partial charge >= 0.3 is 11.9 Å². The molecular formula is C12H10O6. The Bertz CT molecular complexity index is 531. The highest BCUT2D eigenvalue weighted by Gasteiger charge is 2.16. The molecule has 1 aliphatic rings. The van der Waals surface area contributed by atoms with Gasteiger partial charge in [0.05, 0.1) is 6.42 Å². The van der Waals surface area contributed by atoms with E-state index in [1.165, 1.54) is 0 Å². The first-order chi connectivity index (χ1) is 8.56. The molecule has 0 atom stereocenters. The standard InChI is InChI=1S/C12H10O6/c13-11(14)4-8(5-12(15)16)7-1-2-9-10(3-7)18-6-17-9/h1-4H,5-6H2,(H,13,14)(H,15,16)/b8-4-. The van der Waals surface area contributed by atoms with Gasteiger partial charge in [-0.1, -0.05) is 6.07 Å². The molecule has 1 aromatic rings. The van der Waals surface area contributed by atoms with Crippen LogP contribution in [-0.4, -0.2) is 28.9 Å². The molecular weight excluding hydrogens is 240 g/mol. The number of ether oxygens (including phenoxy) is 2. The highest BCUT2D eigenvalue weighted by Crippen LogP contribution is 2.35. The van der Waals surface area contributed by atoms with Crippen LogP contribution in [0.25, 0.3) is 5.57 Å². The Morgan fingerprint density at radius 2 is 1.94 bits per heavy atom. The zero-order chi connectivity index (χ0) is 13.1. The van der Waals surface area contributed by atoms with E-state index in [1.807, 2.05) is 0 Å². The minimum absolute atomic E-state index is 0.107. The third kappa shape index (κ3) is 2.60. The van der Waals surface area contributed by atoms with Crippen molar-refractivity contribution in [2.45, 2.75) is 6.42 Å². The minimum Gasteiger partial charge on any atom is -0.481 e. The van der Waals surface area contributed by atoms with Gasteiger partial charge < -0.3 is 19.7 Å². The van der Waals surface area contributed by atoms with Crippen LogP contribution in [0.15, 0.2) is 24.3 Å². The number of rotatable bonds is 4. The van der Waals surface area contributed by atoms with Crippen LogP contribution in [-0.2, 0) is 9.59 Å². The van der Waals surface area contributed by atoms with Crippen molar-refractivity contribution in [1.29, 1.82) is 0 Å². The third-order valence-electron chi connectivity index (χ3n) is 2.38. The Morgan fingerprint density at radius 1 is 1.22 bits per heavy atom. The topological polar surface area (TPSA) is 93.1 Å². The van der Waals surface area contributed by atoms with E-state index >= 15 is 0 Å². The summed E-state index contributed by atoms with van der Waals surface area (Å²) in [7, 11) is 0. The second kappa shape index (κ2) is 4.79. The van der Waals surface area contributed by atoms with E-state index in [0.29, 0.717) is 17.1 Å². The molecule has 2 rings (SSSR count). The minimum atomic E-state index is -1.19. The van der Waals surface area contributed by atoms with Gasteiger partial charge in [0.1, 0.15) is 0 Å². The van der Waals surface area contributed by atoms with Crippen molar-refractivity contribution in [2.75, 3.05) is 6.79 Å². The van der Waals surface area contributed by atoms with Crippen molar-refractivity contribution in [3.63, 3.8) is 0 Å². The molecule has 6 heteroatoms. The maximum Gasteiger partial charge on any atom is 0.328 e. The van der Waals surface area contributed by atoms with Crippen LogP contribution >= 0.6 is 0 Å². The van der Waals surface area contributed by atoms with Crippen molar-refractivity contribution < 1.29 is 29.3 Å². The number of hydrogen-bond acceptors (Lipinski definition) is 4. The Hall–Kier alpha value is -2.50. The first-order valence-corrected chi connectivity index (χ1v) is 5.11. The van der Waals surface area contributed by atoms with E-state index in [1.54, 1.807) is 18.2 Å². The van der Waals surface area contributed by atoms with Gasteiger partial charge in [-0.25, -0.2) is 4.79 Å². The van der Waals surface area contributed by atoms with E-state index in [9.17, 15) is 9.59 Å². The summed E-state index contributed by atoms with van der Waals surface area (Å²) in [6.45, 7) is 0.107. The van der Waals surface area contributed by atoms with Crippen LogP contribution < -0.4 is 9.47 Å². The summed E-state index contributed by atoms with van der Waals surface area (Å²) in [6, 6.07) is 4.79. The summed E-state index contributed by atoms with van der Waals surface area (Å²) >= 11 is 0. The Balaban J connectivity index is 2.36. The lowest BCUT2D eigenvalue weighted by atomic mass is 10.0. The molecule has 0 fully saturated rings. The molecule has 0 spiro atoms. The number of carboxylic acid groups (broad SMARTS) is 2. The smallest absolute Gasteiger partial charge is 0.328 e. The molecule has 2 N–H and O–H groups in total. The lowest BCUT2D eigenvalue weighted by molar-refractivity contribution is -0.135. The quantitative estimate of drug-likeness (QED) is 0.783. The fourth-order valence-electron chi connectivity index (χ4n) is 1.64. The molecule has 6 nitrogen and oxygen atoms in total. The maximum atomic E-state index is 10.7. The lowest BCUT2D eigenvalue weighted by Gasteiger charge is -2.05. The molecule has 0 unspecified atom stereocenters. The highest BCUT2D eigenvalue weighted by atomic mass is 16.7. The first-order valence-electron chi connectivity index (χ1n) is 5.11. The maximum absolute atomic E-state index is 10.7. The molecule has 1 heterocycles. The second-order valence-electron chi connectivity index (χ2n) is 3.65. The monoisotopic (exact) mass is 250 g/mol. The Morgan fingerprint density at radius 3 is 2.61 bits per heavy atom. The number of benzene rings is 1. The van der Waals surface area contributed by atoms with Crippen molar-refractivity contribution in [3.05, 3.63) is 29.8 Å². The number of hydrogen-bond donors (Lipinski definition) is 2. The highest BCUT2D eigenvalue weighted by molar-refractivity contribution is 5.95. The van der Waals surface area contributed by atoms with Gasteiger partial charge in [0.15, 0.2) is 11.5 Å². The normalized spacial score (nSPS) is 13.4. The first kappa shape index (κ1) is 12.0. The van der Waals surface area contributed by atoms with Gasteiger partial charge in [-0.05, 0) is 23.3 Å². The molecule has 1 aliphatic heterocycles. The van der Waals surface area contributed by atoms with E-state index in [-0.39, 0.29) is 18.8 Å². The van der Waals surface area contributed by atoms with Crippen LogP contribution in [0.2, 0.25) is 0 Å². The largest absolute Gasteiger partial charge is 0.481 e. The number of aliphatic carboxylic acids is 2. The van der Waals surface area contributed by atoms with E-state index in [0.717, 1.165) is 6.08 Å². The average molecular weight is 250 g/mol. The number of carbonyl (C=O) groups is 2. The van der Waals surface area contributed by atoms with Crippen molar-refractivity contribution in [1.82, 2.24) is 0 Å². The molecule has 0 bridgehead atoms. The second-order valence-corrected chi connectivity index (χ2v) is 3.65. The van der Waals surface area contributed by atoms with Crippen LogP contribution in [0, 0.1) is 0 Å².